The monoisotopic (exact) mass is 444 g/mol. The van der Waals surface area contributed by atoms with E-state index in [4.69, 9.17) is 14.2 Å². The zero-order valence-electron chi connectivity index (χ0n) is 18.4. The Morgan fingerprint density at radius 1 is 0.906 bits per heavy atom. The third-order valence-electron chi connectivity index (χ3n) is 4.66. The third kappa shape index (κ3) is 5.44. The molecule has 32 heavy (non-hydrogen) atoms. The highest BCUT2D eigenvalue weighted by Gasteiger charge is 2.29. The largest absolute Gasteiger partial charge is 0.491 e. The molecule has 6 heteroatoms. The summed E-state index contributed by atoms with van der Waals surface area (Å²) in [7, 11) is 0. The summed E-state index contributed by atoms with van der Waals surface area (Å²) in [5.74, 6) is -3.92. The minimum Gasteiger partial charge on any atom is -0.491 e. The van der Waals surface area contributed by atoms with E-state index >= 15 is 0 Å². The van der Waals surface area contributed by atoms with Crippen molar-refractivity contribution in [3.05, 3.63) is 96.4 Å². The van der Waals surface area contributed by atoms with Gasteiger partial charge in [-0.2, -0.15) is 13.2 Å². The molecule has 0 amide bonds. The molecule has 0 bridgehead atoms. The van der Waals surface area contributed by atoms with Gasteiger partial charge < -0.3 is 14.2 Å². The van der Waals surface area contributed by atoms with Gasteiger partial charge in [-0.3, -0.25) is 0 Å². The van der Waals surface area contributed by atoms with E-state index in [1.165, 1.54) is 12.1 Å². The second kappa shape index (κ2) is 11.3. The van der Waals surface area contributed by atoms with Crippen LogP contribution >= 0.6 is 0 Å². The van der Waals surface area contributed by atoms with E-state index in [1.54, 1.807) is 19.1 Å². The second-order valence-corrected chi connectivity index (χ2v) is 6.86. The maximum Gasteiger partial charge on any atom is 0.207 e. The molecule has 170 valence electrons. The number of ether oxygens (including phenoxy) is 3. The predicted molar refractivity (Wildman–Crippen MR) is 121 cm³/mol. The lowest BCUT2D eigenvalue weighted by Gasteiger charge is -2.23. The van der Waals surface area contributed by atoms with Crippen molar-refractivity contribution in [2.75, 3.05) is 13.2 Å². The molecule has 1 aliphatic heterocycles. The van der Waals surface area contributed by atoms with Crippen molar-refractivity contribution >= 4 is 0 Å². The van der Waals surface area contributed by atoms with Crippen LogP contribution in [0.25, 0.3) is 0 Å². The van der Waals surface area contributed by atoms with Gasteiger partial charge >= 0.3 is 0 Å². The van der Waals surface area contributed by atoms with Crippen LogP contribution in [0.4, 0.5) is 13.2 Å². The first-order valence-corrected chi connectivity index (χ1v) is 10.1. The Kier molecular flexibility index (Phi) is 8.76. The smallest absolute Gasteiger partial charge is 0.207 e. The molecule has 0 radical (unpaired) electrons. The van der Waals surface area contributed by atoms with Crippen molar-refractivity contribution in [2.24, 2.45) is 0 Å². The van der Waals surface area contributed by atoms with Crippen molar-refractivity contribution < 1.29 is 27.4 Å². The molecular formula is C26H27F3O3. The van der Waals surface area contributed by atoms with E-state index in [-0.39, 0.29) is 42.6 Å². The molecule has 2 aromatic rings. The number of hydrogen-bond acceptors (Lipinski definition) is 3. The van der Waals surface area contributed by atoms with Crippen LogP contribution in [0.15, 0.2) is 67.8 Å². The summed E-state index contributed by atoms with van der Waals surface area (Å²) in [6, 6.07) is 4.49. The Morgan fingerprint density at radius 3 is 2.22 bits per heavy atom. The van der Waals surface area contributed by atoms with Crippen LogP contribution in [-0.4, -0.2) is 13.2 Å². The van der Waals surface area contributed by atoms with Crippen LogP contribution in [0.5, 0.6) is 23.0 Å². The van der Waals surface area contributed by atoms with Crippen molar-refractivity contribution in [3.8, 4) is 23.0 Å². The average Bonchev–Trinajstić information content (AvgIpc) is 2.81. The molecule has 3 rings (SSSR count). The fraction of sp³-hybridized carbons (Fsp3) is 0.231. The first kappa shape index (κ1) is 24.9. The number of fused-ring (bicyclic) bond motifs is 2. The third-order valence-corrected chi connectivity index (χ3v) is 4.66. The summed E-state index contributed by atoms with van der Waals surface area (Å²) >= 11 is 0. The summed E-state index contributed by atoms with van der Waals surface area (Å²) in [5, 5.41) is 0. The molecule has 3 nitrogen and oxygen atoms in total. The molecule has 0 spiro atoms. The molecule has 1 aliphatic rings. The fourth-order valence-electron chi connectivity index (χ4n) is 2.96. The highest BCUT2D eigenvalue weighted by molar-refractivity contribution is 5.55. The van der Waals surface area contributed by atoms with Gasteiger partial charge in [0.2, 0.25) is 17.5 Å². The molecule has 0 atom stereocenters. The van der Waals surface area contributed by atoms with E-state index in [0.717, 1.165) is 12.0 Å². The summed E-state index contributed by atoms with van der Waals surface area (Å²) < 4.78 is 59.6. The van der Waals surface area contributed by atoms with Gasteiger partial charge in [0, 0.05) is 17.5 Å². The first-order chi connectivity index (χ1) is 15.3. The lowest BCUT2D eigenvalue weighted by Crippen LogP contribution is -2.10. The predicted octanol–water partition coefficient (Wildman–Crippen LogP) is 7.46. The molecule has 0 aliphatic carbocycles. The fourth-order valence-corrected chi connectivity index (χ4v) is 2.96. The van der Waals surface area contributed by atoms with Gasteiger partial charge in [-0.25, -0.2) is 0 Å². The summed E-state index contributed by atoms with van der Waals surface area (Å²) in [4.78, 5) is 0. The molecule has 0 saturated heterocycles. The Labute approximate surface area is 187 Å². The zero-order valence-corrected chi connectivity index (χ0v) is 18.4. The van der Waals surface area contributed by atoms with Gasteiger partial charge in [0.25, 0.3) is 0 Å². The van der Waals surface area contributed by atoms with Gasteiger partial charge in [0.1, 0.15) is 6.61 Å². The average molecular weight is 444 g/mol. The lowest BCUT2D eigenvalue weighted by molar-refractivity contribution is 0.302. The zero-order chi connectivity index (χ0) is 23.8. The Bertz CT molecular complexity index is 1040. The lowest BCUT2D eigenvalue weighted by atomic mass is 9.99. The van der Waals surface area contributed by atoms with Crippen LogP contribution in [0.3, 0.4) is 0 Å². The second-order valence-electron chi connectivity index (χ2n) is 6.86. The number of hydrogen-bond donors (Lipinski definition) is 0. The Hall–Kier alpha value is -3.41. The highest BCUT2D eigenvalue weighted by Crippen LogP contribution is 2.44. The number of benzene rings is 2. The van der Waals surface area contributed by atoms with Gasteiger partial charge in [-0.1, -0.05) is 43.9 Å². The number of allylic oxidation sites excluding steroid dienone is 2. The molecule has 0 aromatic heterocycles. The minimum absolute atomic E-state index is 0.0560. The normalized spacial score (nSPS) is 11.5. The van der Waals surface area contributed by atoms with Crippen LogP contribution in [0, 0.1) is 17.5 Å². The van der Waals surface area contributed by atoms with E-state index < -0.39 is 17.5 Å². The van der Waals surface area contributed by atoms with Gasteiger partial charge in [-0.05, 0) is 31.1 Å². The minimum atomic E-state index is -1.21. The van der Waals surface area contributed by atoms with Gasteiger partial charge in [0.05, 0.1) is 6.61 Å². The summed E-state index contributed by atoms with van der Waals surface area (Å²) in [6.07, 6.45) is 4.56. The Morgan fingerprint density at radius 2 is 1.56 bits per heavy atom. The number of halogens is 3. The maximum atomic E-state index is 14.9. The van der Waals surface area contributed by atoms with E-state index in [9.17, 15) is 13.2 Å². The van der Waals surface area contributed by atoms with Crippen LogP contribution in [0.2, 0.25) is 0 Å². The van der Waals surface area contributed by atoms with E-state index in [2.05, 4.69) is 26.3 Å². The molecule has 0 saturated carbocycles. The van der Waals surface area contributed by atoms with Crippen LogP contribution in [0.1, 0.15) is 31.4 Å². The first-order valence-electron chi connectivity index (χ1n) is 10.1. The molecule has 0 unspecified atom stereocenters. The summed E-state index contributed by atoms with van der Waals surface area (Å²) in [6.45, 7) is 17.6. The SMILES string of the molecule is C=C.C=C(/C=C\C(=C)COc1ccc2c(c1F)Oc1c(cc(OCC)c(F)c1F)C2)CC. The van der Waals surface area contributed by atoms with Crippen molar-refractivity contribution in [1.29, 1.82) is 0 Å². The van der Waals surface area contributed by atoms with Crippen LogP contribution < -0.4 is 14.2 Å². The molecule has 1 heterocycles. The quantitative estimate of drug-likeness (QED) is 0.267. The van der Waals surface area contributed by atoms with Crippen LogP contribution in [-0.2, 0) is 6.42 Å². The summed E-state index contributed by atoms with van der Waals surface area (Å²) in [5.41, 5.74) is 2.45. The molecular weight excluding hydrogens is 417 g/mol. The topological polar surface area (TPSA) is 27.7 Å². The molecule has 2 aromatic carbocycles. The van der Waals surface area contributed by atoms with Crippen molar-refractivity contribution in [2.45, 2.75) is 26.7 Å². The van der Waals surface area contributed by atoms with Gasteiger partial charge in [-0.15, -0.1) is 13.2 Å². The molecule has 0 N–H and O–H groups in total. The number of rotatable bonds is 8. The van der Waals surface area contributed by atoms with E-state index in [0.29, 0.717) is 16.7 Å². The maximum absolute atomic E-state index is 14.9. The standard InChI is InChI=1S/C24H23F3O3.C2H4/c1-5-14(3)7-8-15(4)13-29-18-10-9-16-11-17-12-19(28-6-2)20(25)22(27)24(17)30-23(16)21(18)26;1-2/h7-10,12H,3-6,11,13H2,1-2H3;1-2H2/b8-7-;. The molecule has 0 fully saturated rings. The Balaban J connectivity index is 0.00000176. The van der Waals surface area contributed by atoms with Crippen molar-refractivity contribution in [3.63, 3.8) is 0 Å². The van der Waals surface area contributed by atoms with Gasteiger partial charge in [0.15, 0.2) is 23.0 Å². The van der Waals surface area contributed by atoms with E-state index in [1.807, 2.05) is 13.0 Å². The highest BCUT2D eigenvalue weighted by atomic mass is 19.2. The van der Waals surface area contributed by atoms with Crippen molar-refractivity contribution in [1.82, 2.24) is 0 Å².